The molecular weight excluding hydrogens is 456 g/mol. The monoisotopic (exact) mass is 510 g/mol. The molecule has 9 nitrogen and oxygen atoms in total. The van der Waals surface area contributed by atoms with Crippen LogP contribution in [0.4, 0.5) is 0 Å². The van der Waals surface area contributed by atoms with Gasteiger partial charge in [-0.1, -0.05) is 62.0 Å². The molecule has 210 valence electrons. The van der Waals surface area contributed by atoms with Crippen LogP contribution in [-0.2, 0) is 14.4 Å². The van der Waals surface area contributed by atoms with Crippen LogP contribution in [0.1, 0.15) is 55.4 Å². The maximum Gasteiger partial charge on any atom is 0.222 e. The molecule has 0 unspecified atom stereocenters. The molecule has 0 spiro atoms. The number of rotatable bonds is 20. The molecule has 0 heterocycles. The van der Waals surface area contributed by atoms with Gasteiger partial charge in [-0.05, 0) is 5.92 Å². The van der Waals surface area contributed by atoms with Crippen molar-refractivity contribution in [3.8, 4) is 0 Å². The minimum atomic E-state index is -0.0478. The van der Waals surface area contributed by atoms with Crippen LogP contribution in [0.15, 0.2) is 12.3 Å². The highest BCUT2D eigenvalue weighted by atomic mass is 16.2. The van der Waals surface area contributed by atoms with Gasteiger partial charge in [-0.3, -0.25) is 24.2 Å². The lowest BCUT2D eigenvalue weighted by Crippen LogP contribution is -2.46. The fraction of sp³-hybridized carbons (Fsp3) is 0.815. The molecule has 0 aromatic carbocycles. The second-order valence-corrected chi connectivity index (χ2v) is 10.6. The average Bonchev–Trinajstić information content (AvgIpc) is 2.80. The summed E-state index contributed by atoms with van der Waals surface area (Å²) in [6.45, 7) is 26.7. The number of allylic oxidation sites excluding steroid dienone is 1. The van der Waals surface area contributed by atoms with Crippen LogP contribution in [0, 0.1) is 23.7 Å². The molecule has 0 aromatic heterocycles. The largest absolute Gasteiger partial charge is 0.387 e. The normalized spacial score (nSPS) is 11.6. The van der Waals surface area contributed by atoms with Crippen molar-refractivity contribution < 1.29 is 14.4 Å². The van der Waals surface area contributed by atoms with Crippen molar-refractivity contribution >= 4 is 17.7 Å². The summed E-state index contributed by atoms with van der Waals surface area (Å²) in [5.41, 5.74) is 1.02. The Morgan fingerprint density at radius 3 is 1.03 bits per heavy atom. The Kier molecular flexibility index (Phi) is 17.9. The second kappa shape index (κ2) is 19.0. The zero-order valence-corrected chi connectivity index (χ0v) is 24.2. The van der Waals surface area contributed by atoms with Gasteiger partial charge >= 0.3 is 0 Å². The number of nitrogens with zero attached hydrogens (tertiary/aromatic N) is 2. The van der Waals surface area contributed by atoms with Gasteiger partial charge in [0.2, 0.25) is 17.7 Å². The molecule has 0 aliphatic carbocycles. The van der Waals surface area contributed by atoms with E-state index in [1.54, 1.807) is 0 Å². The van der Waals surface area contributed by atoms with E-state index >= 15 is 0 Å². The fourth-order valence-electron chi connectivity index (χ4n) is 3.16. The Bertz CT molecular complexity index is 556. The Balaban J connectivity index is 5.00. The van der Waals surface area contributed by atoms with Gasteiger partial charge in [-0.2, -0.15) is 0 Å². The van der Waals surface area contributed by atoms with E-state index in [1.807, 2.05) is 41.5 Å². The zero-order valence-electron chi connectivity index (χ0n) is 24.2. The van der Waals surface area contributed by atoms with Gasteiger partial charge < -0.3 is 21.3 Å². The molecule has 0 radical (unpaired) electrons. The SMILES string of the molecule is C=C(NCCN(CCNC(=O)C(C)C)CCN(CCNC(=O)C(C)C)CCNC(=O)C(C)C)C(C)C. The third kappa shape index (κ3) is 16.5. The predicted octanol–water partition coefficient (Wildman–Crippen LogP) is 1.67. The molecule has 9 heteroatoms. The quantitative estimate of drug-likeness (QED) is 0.199. The average molecular weight is 511 g/mol. The van der Waals surface area contributed by atoms with E-state index in [9.17, 15) is 14.4 Å². The van der Waals surface area contributed by atoms with Crippen LogP contribution in [0.3, 0.4) is 0 Å². The Labute approximate surface area is 220 Å². The molecule has 0 aromatic rings. The molecule has 0 atom stereocenters. The van der Waals surface area contributed by atoms with Gasteiger partial charge in [-0.15, -0.1) is 0 Å². The fourth-order valence-corrected chi connectivity index (χ4v) is 3.16. The van der Waals surface area contributed by atoms with Gasteiger partial charge in [0.15, 0.2) is 0 Å². The lowest BCUT2D eigenvalue weighted by molar-refractivity contribution is -0.124. The first kappa shape index (κ1) is 33.9. The zero-order chi connectivity index (χ0) is 27.7. The molecular formula is C27H54N6O3. The van der Waals surface area contributed by atoms with E-state index in [0.717, 1.165) is 38.4 Å². The first-order chi connectivity index (χ1) is 16.8. The molecule has 0 aliphatic rings. The maximum absolute atomic E-state index is 12.0. The molecule has 36 heavy (non-hydrogen) atoms. The Hall–Kier alpha value is -2.13. The Morgan fingerprint density at radius 2 is 0.778 bits per heavy atom. The summed E-state index contributed by atoms with van der Waals surface area (Å²) in [7, 11) is 0. The number of hydrogen-bond donors (Lipinski definition) is 4. The van der Waals surface area contributed by atoms with E-state index in [4.69, 9.17) is 0 Å². The topological polar surface area (TPSA) is 106 Å². The minimum absolute atomic E-state index is 0.0351. The van der Waals surface area contributed by atoms with Crippen molar-refractivity contribution in [1.29, 1.82) is 0 Å². The summed E-state index contributed by atoms with van der Waals surface area (Å²) in [5, 5.41) is 12.4. The molecule has 0 fully saturated rings. The van der Waals surface area contributed by atoms with Gasteiger partial charge in [0.25, 0.3) is 0 Å². The first-order valence-corrected chi connectivity index (χ1v) is 13.6. The van der Waals surface area contributed by atoms with Crippen molar-refractivity contribution in [2.45, 2.75) is 55.4 Å². The van der Waals surface area contributed by atoms with Crippen molar-refractivity contribution in [3.63, 3.8) is 0 Å². The van der Waals surface area contributed by atoms with Crippen LogP contribution < -0.4 is 21.3 Å². The van der Waals surface area contributed by atoms with Crippen LogP contribution in [0.5, 0.6) is 0 Å². The van der Waals surface area contributed by atoms with E-state index in [0.29, 0.717) is 38.6 Å². The van der Waals surface area contributed by atoms with Crippen LogP contribution in [0.2, 0.25) is 0 Å². The van der Waals surface area contributed by atoms with E-state index < -0.39 is 0 Å². The molecule has 0 saturated carbocycles. The van der Waals surface area contributed by atoms with E-state index in [-0.39, 0.29) is 35.5 Å². The second-order valence-electron chi connectivity index (χ2n) is 10.6. The predicted molar refractivity (Wildman–Crippen MR) is 148 cm³/mol. The van der Waals surface area contributed by atoms with E-state index in [1.165, 1.54) is 0 Å². The maximum atomic E-state index is 12.0. The van der Waals surface area contributed by atoms with Gasteiger partial charge in [0, 0.05) is 88.9 Å². The molecule has 0 bridgehead atoms. The molecule has 3 amide bonds. The lowest BCUT2D eigenvalue weighted by Gasteiger charge is -2.29. The summed E-state index contributed by atoms with van der Waals surface area (Å²) < 4.78 is 0. The van der Waals surface area contributed by atoms with Gasteiger partial charge in [0.1, 0.15) is 0 Å². The smallest absolute Gasteiger partial charge is 0.222 e. The standard InChI is InChI=1S/C27H54N6O3/c1-20(2)24(9)28-10-14-32(15-11-29-25(34)21(3)4)18-19-33(16-12-30-26(35)22(5)6)17-13-31-27(36)23(7)8/h20-23,28H,9-19H2,1-8H3,(H,29,34)(H,30,35)(H,31,36). The van der Waals surface area contributed by atoms with Crippen LogP contribution in [0.25, 0.3) is 0 Å². The first-order valence-electron chi connectivity index (χ1n) is 13.6. The molecule has 0 rings (SSSR count). The highest BCUT2D eigenvalue weighted by molar-refractivity contribution is 5.78. The summed E-state index contributed by atoms with van der Waals surface area (Å²) in [6.07, 6.45) is 0. The van der Waals surface area contributed by atoms with Crippen LogP contribution >= 0.6 is 0 Å². The molecule has 0 saturated heterocycles. The third-order valence-electron chi connectivity index (χ3n) is 5.96. The highest BCUT2D eigenvalue weighted by Crippen LogP contribution is 2.02. The van der Waals surface area contributed by atoms with Crippen molar-refractivity contribution in [2.75, 3.05) is 65.4 Å². The van der Waals surface area contributed by atoms with Crippen molar-refractivity contribution in [3.05, 3.63) is 12.3 Å². The van der Waals surface area contributed by atoms with Gasteiger partial charge in [0.05, 0.1) is 0 Å². The summed E-state index contributed by atoms with van der Waals surface area (Å²) in [6, 6.07) is 0. The number of hydrogen-bond acceptors (Lipinski definition) is 6. The van der Waals surface area contributed by atoms with Crippen molar-refractivity contribution in [1.82, 2.24) is 31.1 Å². The summed E-state index contributed by atoms with van der Waals surface area (Å²) >= 11 is 0. The van der Waals surface area contributed by atoms with Crippen molar-refractivity contribution in [2.24, 2.45) is 23.7 Å². The van der Waals surface area contributed by atoms with Crippen LogP contribution in [-0.4, -0.2) is 93.0 Å². The molecule has 4 N–H and O–H groups in total. The lowest BCUT2D eigenvalue weighted by atomic mass is 10.1. The molecule has 0 aliphatic heterocycles. The number of nitrogens with one attached hydrogen (secondary N) is 4. The summed E-state index contributed by atoms with van der Waals surface area (Å²) in [4.78, 5) is 40.5. The Morgan fingerprint density at radius 1 is 0.500 bits per heavy atom. The number of amides is 3. The third-order valence-corrected chi connectivity index (χ3v) is 5.96. The minimum Gasteiger partial charge on any atom is -0.387 e. The highest BCUT2D eigenvalue weighted by Gasteiger charge is 2.14. The van der Waals surface area contributed by atoms with Gasteiger partial charge in [-0.25, -0.2) is 0 Å². The number of carbonyl (C=O) groups is 3. The van der Waals surface area contributed by atoms with E-state index in [2.05, 4.69) is 51.5 Å². The summed E-state index contributed by atoms with van der Waals surface area (Å²) in [5.74, 6) is 0.393. The number of carbonyl (C=O) groups excluding carboxylic acids is 3.